The second-order valence-electron chi connectivity index (χ2n) is 6.41. The van der Waals surface area contributed by atoms with Gasteiger partial charge in [-0.05, 0) is 31.9 Å². The third kappa shape index (κ3) is 4.88. The minimum Gasteiger partial charge on any atom is -0.452 e. The van der Waals surface area contributed by atoms with Crippen LogP contribution in [0.5, 0.6) is 0 Å². The van der Waals surface area contributed by atoms with Gasteiger partial charge in [-0.15, -0.1) is 11.3 Å². The highest BCUT2D eigenvalue weighted by Crippen LogP contribution is 2.21. The standard InChI is InChI=1S/C19H23N3O3S/c1-14(19(24)22-10-6-2-3-7-11-22)25-17(23)12-15-13-26-18(21-15)16-8-4-5-9-20-16/h4-5,8-9,13-14H,2-3,6-7,10-12H2,1H3. The molecule has 0 bridgehead atoms. The van der Waals surface area contributed by atoms with Gasteiger partial charge in [-0.25, -0.2) is 4.98 Å². The highest BCUT2D eigenvalue weighted by molar-refractivity contribution is 7.13. The van der Waals surface area contributed by atoms with Gasteiger partial charge in [0.05, 0.1) is 17.8 Å². The number of hydrogen-bond donors (Lipinski definition) is 0. The summed E-state index contributed by atoms with van der Waals surface area (Å²) in [5, 5.41) is 2.59. The molecule has 1 amide bonds. The van der Waals surface area contributed by atoms with Gasteiger partial charge in [0.15, 0.2) is 6.10 Å². The van der Waals surface area contributed by atoms with E-state index in [1.54, 1.807) is 13.1 Å². The van der Waals surface area contributed by atoms with E-state index in [0.29, 0.717) is 5.69 Å². The van der Waals surface area contributed by atoms with E-state index in [4.69, 9.17) is 4.74 Å². The molecular weight excluding hydrogens is 350 g/mol. The lowest BCUT2D eigenvalue weighted by Gasteiger charge is -2.23. The molecule has 1 fully saturated rings. The molecule has 0 spiro atoms. The maximum atomic E-state index is 12.5. The predicted octanol–water partition coefficient (Wildman–Crippen LogP) is 3.08. The van der Waals surface area contributed by atoms with Crippen molar-refractivity contribution in [3.8, 4) is 10.7 Å². The van der Waals surface area contributed by atoms with E-state index in [0.717, 1.165) is 49.5 Å². The van der Waals surface area contributed by atoms with Crippen LogP contribution in [-0.2, 0) is 20.7 Å². The number of aromatic nitrogens is 2. The van der Waals surface area contributed by atoms with E-state index in [1.165, 1.54) is 11.3 Å². The zero-order valence-corrected chi connectivity index (χ0v) is 15.7. The Bertz CT molecular complexity index is 739. The zero-order valence-electron chi connectivity index (χ0n) is 14.9. The molecule has 0 radical (unpaired) electrons. The zero-order chi connectivity index (χ0) is 18.4. The Morgan fingerprint density at radius 1 is 1.23 bits per heavy atom. The lowest BCUT2D eigenvalue weighted by atomic mass is 10.2. The van der Waals surface area contributed by atoms with E-state index < -0.39 is 12.1 Å². The van der Waals surface area contributed by atoms with E-state index in [-0.39, 0.29) is 12.3 Å². The molecule has 0 saturated carbocycles. The average molecular weight is 373 g/mol. The lowest BCUT2D eigenvalue weighted by Crippen LogP contribution is -2.40. The van der Waals surface area contributed by atoms with Crippen LogP contribution in [0.15, 0.2) is 29.8 Å². The molecular formula is C19H23N3O3S. The van der Waals surface area contributed by atoms with E-state index in [9.17, 15) is 9.59 Å². The van der Waals surface area contributed by atoms with Crippen molar-refractivity contribution in [1.29, 1.82) is 0 Å². The summed E-state index contributed by atoms with van der Waals surface area (Å²) in [6.45, 7) is 3.14. The summed E-state index contributed by atoms with van der Waals surface area (Å²) in [6, 6.07) is 5.62. The topological polar surface area (TPSA) is 72.4 Å². The molecule has 26 heavy (non-hydrogen) atoms. The SMILES string of the molecule is CC(OC(=O)Cc1csc(-c2ccccn2)n1)C(=O)N1CCCCCC1. The number of thiazole rings is 1. The normalized spacial score (nSPS) is 16.0. The first-order chi connectivity index (χ1) is 12.6. The van der Waals surface area contributed by atoms with Gasteiger partial charge in [-0.3, -0.25) is 14.6 Å². The molecule has 0 aromatic carbocycles. The van der Waals surface area contributed by atoms with Crippen molar-refractivity contribution in [3.05, 3.63) is 35.5 Å². The van der Waals surface area contributed by atoms with E-state index in [2.05, 4.69) is 9.97 Å². The van der Waals surface area contributed by atoms with Crippen LogP contribution in [0.3, 0.4) is 0 Å². The number of esters is 1. The van der Waals surface area contributed by atoms with Crippen molar-refractivity contribution in [3.63, 3.8) is 0 Å². The molecule has 2 aromatic heterocycles. The Hall–Kier alpha value is -2.28. The molecule has 1 aliphatic rings. The first kappa shape index (κ1) is 18.5. The molecule has 138 valence electrons. The van der Waals surface area contributed by atoms with Crippen molar-refractivity contribution in [2.24, 2.45) is 0 Å². The fourth-order valence-electron chi connectivity index (χ4n) is 2.98. The summed E-state index contributed by atoms with van der Waals surface area (Å²) in [6.07, 6.45) is 5.35. The maximum absolute atomic E-state index is 12.5. The summed E-state index contributed by atoms with van der Waals surface area (Å²) in [5.41, 5.74) is 1.41. The number of rotatable bonds is 5. The van der Waals surface area contributed by atoms with Gasteiger partial charge in [0.25, 0.3) is 5.91 Å². The van der Waals surface area contributed by atoms with Crippen molar-refractivity contribution in [2.75, 3.05) is 13.1 Å². The molecule has 1 aliphatic heterocycles. The van der Waals surface area contributed by atoms with E-state index in [1.807, 2.05) is 28.5 Å². The monoisotopic (exact) mass is 373 g/mol. The molecule has 1 unspecified atom stereocenters. The van der Waals surface area contributed by atoms with Gasteiger partial charge in [0.2, 0.25) is 0 Å². The number of carbonyl (C=O) groups excluding carboxylic acids is 2. The third-order valence-corrected chi connectivity index (χ3v) is 5.25. The Balaban J connectivity index is 1.53. The highest BCUT2D eigenvalue weighted by Gasteiger charge is 2.24. The fraction of sp³-hybridized carbons (Fsp3) is 0.474. The lowest BCUT2D eigenvalue weighted by molar-refractivity contribution is -0.158. The number of carbonyl (C=O) groups is 2. The Morgan fingerprint density at radius 3 is 2.69 bits per heavy atom. The molecule has 3 heterocycles. The minimum atomic E-state index is -0.755. The molecule has 3 rings (SSSR count). The number of hydrogen-bond acceptors (Lipinski definition) is 6. The van der Waals surface area contributed by atoms with E-state index >= 15 is 0 Å². The first-order valence-electron chi connectivity index (χ1n) is 8.97. The van der Waals surface area contributed by atoms with Crippen molar-refractivity contribution >= 4 is 23.2 Å². The number of ether oxygens (including phenoxy) is 1. The molecule has 1 saturated heterocycles. The second-order valence-corrected chi connectivity index (χ2v) is 7.27. The van der Waals surface area contributed by atoms with Gasteiger partial charge in [0.1, 0.15) is 5.01 Å². The summed E-state index contributed by atoms with van der Waals surface area (Å²) in [4.78, 5) is 35.1. The number of amides is 1. The van der Waals surface area contributed by atoms with Crippen molar-refractivity contribution in [2.45, 2.75) is 45.1 Å². The Morgan fingerprint density at radius 2 is 2.00 bits per heavy atom. The molecule has 2 aromatic rings. The molecule has 6 nitrogen and oxygen atoms in total. The molecule has 1 atom stereocenters. The summed E-state index contributed by atoms with van der Waals surface area (Å²) in [5.74, 6) is -0.536. The van der Waals surface area contributed by atoms with Gasteiger partial charge in [-0.1, -0.05) is 18.9 Å². The Labute approximate surface area is 157 Å². The molecule has 0 N–H and O–H groups in total. The maximum Gasteiger partial charge on any atom is 0.312 e. The summed E-state index contributed by atoms with van der Waals surface area (Å²) < 4.78 is 5.34. The van der Waals surface area contributed by atoms with Crippen LogP contribution in [0.25, 0.3) is 10.7 Å². The van der Waals surface area contributed by atoms with Crippen LogP contribution in [0.1, 0.15) is 38.3 Å². The minimum absolute atomic E-state index is 0.0565. The number of likely N-dealkylation sites (tertiary alicyclic amines) is 1. The smallest absolute Gasteiger partial charge is 0.312 e. The van der Waals surface area contributed by atoms with Crippen LogP contribution in [-0.4, -0.2) is 45.9 Å². The van der Waals surface area contributed by atoms with Gasteiger partial charge >= 0.3 is 5.97 Å². The second kappa shape index (κ2) is 8.89. The van der Waals surface area contributed by atoms with Crippen LogP contribution in [0, 0.1) is 0 Å². The largest absolute Gasteiger partial charge is 0.452 e. The summed E-state index contributed by atoms with van der Waals surface area (Å²) in [7, 11) is 0. The fourth-order valence-corrected chi connectivity index (χ4v) is 3.78. The Kier molecular flexibility index (Phi) is 6.33. The van der Waals surface area contributed by atoms with Crippen LogP contribution >= 0.6 is 11.3 Å². The quantitative estimate of drug-likeness (QED) is 0.753. The van der Waals surface area contributed by atoms with Gasteiger partial charge in [0, 0.05) is 24.7 Å². The van der Waals surface area contributed by atoms with Crippen LogP contribution < -0.4 is 0 Å². The highest BCUT2D eigenvalue weighted by atomic mass is 32.1. The summed E-state index contributed by atoms with van der Waals surface area (Å²) >= 11 is 1.44. The van der Waals surface area contributed by atoms with Crippen LogP contribution in [0.4, 0.5) is 0 Å². The third-order valence-electron chi connectivity index (χ3n) is 4.33. The number of pyridine rings is 1. The van der Waals surface area contributed by atoms with Crippen molar-refractivity contribution < 1.29 is 14.3 Å². The first-order valence-corrected chi connectivity index (χ1v) is 9.85. The molecule has 0 aliphatic carbocycles. The predicted molar refractivity (Wildman–Crippen MR) is 99.7 cm³/mol. The molecule has 7 heteroatoms. The van der Waals surface area contributed by atoms with Gasteiger partial charge in [-0.2, -0.15) is 0 Å². The van der Waals surface area contributed by atoms with Crippen LogP contribution in [0.2, 0.25) is 0 Å². The number of nitrogens with zero attached hydrogens (tertiary/aromatic N) is 3. The average Bonchev–Trinajstić information content (AvgIpc) is 2.94. The van der Waals surface area contributed by atoms with Gasteiger partial charge < -0.3 is 9.64 Å². The van der Waals surface area contributed by atoms with Crippen molar-refractivity contribution in [1.82, 2.24) is 14.9 Å².